The van der Waals surface area contributed by atoms with E-state index in [2.05, 4.69) is 26.1 Å². The smallest absolute Gasteiger partial charge is 0.253 e. The third kappa shape index (κ3) is 5.17. The fraction of sp³-hybridized carbons (Fsp3) is 0.417. The van der Waals surface area contributed by atoms with Crippen molar-refractivity contribution in [1.82, 2.24) is 10.2 Å². The van der Waals surface area contributed by atoms with E-state index in [1.165, 1.54) is 5.56 Å². The number of carbonyl (C=O) groups is 2. The van der Waals surface area contributed by atoms with Crippen LogP contribution in [-0.2, 0) is 5.41 Å². The second kappa shape index (κ2) is 8.68. The van der Waals surface area contributed by atoms with Crippen LogP contribution in [-0.4, -0.2) is 43.0 Å². The van der Waals surface area contributed by atoms with E-state index in [0.717, 1.165) is 24.2 Å². The van der Waals surface area contributed by atoms with Gasteiger partial charge in [-0.05, 0) is 60.2 Å². The number of benzene rings is 2. The highest BCUT2D eigenvalue weighted by Gasteiger charge is 2.25. The Hall–Kier alpha value is -2.82. The van der Waals surface area contributed by atoms with Gasteiger partial charge in [0.05, 0.1) is 7.11 Å². The molecule has 1 saturated heterocycles. The monoisotopic (exact) mass is 394 g/mol. The third-order valence-corrected chi connectivity index (χ3v) is 5.47. The van der Waals surface area contributed by atoms with Crippen LogP contribution in [0.3, 0.4) is 0 Å². The summed E-state index contributed by atoms with van der Waals surface area (Å²) in [7, 11) is 1.60. The minimum atomic E-state index is -0.0878. The zero-order valence-corrected chi connectivity index (χ0v) is 17.7. The molecule has 1 aliphatic rings. The Bertz CT molecular complexity index is 843. The molecule has 0 radical (unpaired) electrons. The van der Waals surface area contributed by atoms with Crippen LogP contribution in [0.5, 0.6) is 5.75 Å². The van der Waals surface area contributed by atoms with Crippen LogP contribution in [0.4, 0.5) is 0 Å². The molecule has 5 heteroatoms. The van der Waals surface area contributed by atoms with Gasteiger partial charge in [-0.15, -0.1) is 0 Å². The molecule has 0 bridgehead atoms. The zero-order chi connectivity index (χ0) is 21.0. The number of ether oxygens (including phenoxy) is 1. The van der Waals surface area contributed by atoms with E-state index < -0.39 is 0 Å². The summed E-state index contributed by atoms with van der Waals surface area (Å²) in [6.07, 6.45) is 1.52. The molecule has 1 N–H and O–H groups in total. The summed E-state index contributed by atoms with van der Waals surface area (Å²) in [5.41, 5.74) is 2.62. The Morgan fingerprint density at radius 1 is 0.931 bits per heavy atom. The maximum Gasteiger partial charge on any atom is 0.253 e. The first kappa shape index (κ1) is 20.9. The summed E-state index contributed by atoms with van der Waals surface area (Å²) in [4.78, 5) is 27.1. The number of hydrogen-bond donors (Lipinski definition) is 1. The SMILES string of the molecule is COc1ccc(C(=O)NC2CCN(C(=O)c3ccc(C(C)(C)C)cc3)CC2)cc1. The second-order valence-electron chi connectivity index (χ2n) is 8.60. The number of nitrogens with zero attached hydrogens (tertiary/aromatic N) is 1. The van der Waals surface area contributed by atoms with Crippen molar-refractivity contribution >= 4 is 11.8 Å². The van der Waals surface area contributed by atoms with Crippen LogP contribution in [0.2, 0.25) is 0 Å². The Morgan fingerprint density at radius 3 is 2.00 bits per heavy atom. The van der Waals surface area contributed by atoms with E-state index in [4.69, 9.17) is 4.74 Å². The lowest BCUT2D eigenvalue weighted by Crippen LogP contribution is -2.46. The van der Waals surface area contributed by atoms with Crippen molar-refractivity contribution in [1.29, 1.82) is 0 Å². The summed E-state index contributed by atoms with van der Waals surface area (Å²) in [6.45, 7) is 7.78. The first-order valence-corrected chi connectivity index (χ1v) is 10.1. The first-order chi connectivity index (χ1) is 13.8. The van der Waals surface area contributed by atoms with Gasteiger partial charge >= 0.3 is 0 Å². The van der Waals surface area contributed by atoms with Gasteiger partial charge in [0, 0.05) is 30.3 Å². The first-order valence-electron chi connectivity index (χ1n) is 10.1. The number of nitrogens with one attached hydrogen (secondary N) is 1. The lowest BCUT2D eigenvalue weighted by atomic mass is 9.86. The van der Waals surface area contributed by atoms with Gasteiger partial charge in [0.1, 0.15) is 5.75 Å². The van der Waals surface area contributed by atoms with Crippen molar-refractivity contribution < 1.29 is 14.3 Å². The van der Waals surface area contributed by atoms with Crippen LogP contribution in [0.1, 0.15) is 59.9 Å². The molecule has 0 saturated carbocycles. The molecule has 154 valence electrons. The molecule has 29 heavy (non-hydrogen) atoms. The van der Waals surface area contributed by atoms with Crippen LogP contribution in [0.25, 0.3) is 0 Å². The van der Waals surface area contributed by atoms with Gasteiger partial charge in [0.15, 0.2) is 0 Å². The molecule has 2 aromatic rings. The molecule has 0 aliphatic carbocycles. The highest BCUT2D eigenvalue weighted by molar-refractivity contribution is 5.95. The van der Waals surface area contributed by atoms with Crippen molar-refractivity contribution in [2.75, 3.05) is 20.2 Å². The maximum absolute atomic E-state index is 12.8. The summed E-state index contributed by atoms with van der Waals surface area (Å²) in [6, 6.07) is 15.1. The van der Waals surface area contributed by atoms with Gasteiger partial charge in [-0.1, -0.05) is 32.9 Å². The van der Waals surface area contributed by atoms with E-state index in [9.17, 15) is 9.59 Å². The van der Waals surface area contributed by atoms with Crippen molar-refractivity contribution in [2.24, 2.45) is 0 Å². The predicted octanol–water partition coefficient (Wildman–Crippen LogP) is 4.03. The molecule has 0 atom stereocenters. The van der Waals surface area contributed by atoms with Gasteiger partial charge in [-0.3, -0.25) is 9.59 Å². The van der Waals surface area contributed by atoms with Crippen LogP contribution < -0.4 is 10.1 Å². The molecular weight excluding hydrogens is 364 g/mol. The van der Waals surface area contributed by atoms with Crippen molar-refractivity contribution in [2.45, 2.75) is 45.1 Å². The highest BCUT2D eigenvalue weighted by atomic mass is 16.5. The number of rotatable bonds is 4. The van der Waals surface area contributed by atoms with Gasteiger partial charge in [0.2, 0.25) is 0 Å². The van der Waals surface area contributed by atoms with Crippen LogP contribution >= 0.6 is 0 Å². The Kier molecular flexibility index (Phi) is 6.26. The fourth-order valence-corrected chi connectivity index (χ4v) is 3.53. The molecule has 2 aromatic carbocycles. The predicted molar refractivity (Wildman–Crippen MR) is 115 cm³/mol. The summed E-state index contributed by atoms with van der Waals surface area (Å²) >= 11 is 0. The number of amides is 2. The normalized spacial score (nSPS) is 15.1. The minimum absolute atomic E-state index is 0.0605. The molecule has 1 heterocycles. The van der Waals surface area contributed by atoms with Crippen LogP contribution in [0.15, 0.2) is 48.5 Å². The molecule has 5 nitrogen and oxygen atoms in total. The number of hydrogen-bond acceptors (Lipinski definition) is 3. The molecule has 1 aliphatic heterocycles. The lowest BCUT2D eigenvalue weighted by Gasteiger charge is -2.32. The molecule has 0 spiro atoms. The van der Waals surface area contributed by atoms with Crippen molar-refractivity contribution in [3.05, 3.63) is 65.2 Å². The van der Waals surface area contributed by atoms with Gasteiger partial charge < -0.3 is 15.0 Å². The lowest BCUT2D eigenvalue weighted by molar-refractivity contribution is 0.0698. The average molecular weight is 395 g/mol. The summed E-state index contributed by atoms with van der Waals surface area (Å²) in [5.74, 6) is 0.699. The maximum atomic E-state index is 12.8. The van der Waals surface area contributed by atoms with E-state index in [-0.39, 0.29) is 23.3 Å². The minimum Gasteiger partial charge on any atom is -0.497 e. The highest BCUT2D eigenvalue weighted by Crippen LogP contribution is 2.23. The molecule has 2 amide bonds. The Balaban J connectivity index is 1.53. The third-order valence-electron chi connectivity index (χ3n) is 5.47. The molecule has 0 aromatic heterocycles. The Labute approximate surface area is 173 Å². The van der Waals surface area contributed by atoms with Gasteiger partial charge in [-0.2, -0.15) is 0 Å². The standard InChI is InChI=1S/C24H30N2O3/c1-24(2,3)19-9-5-18(6-10-19)23(28)26-15-13-20(14-16-26)25-22(27)17-7-11-21(29-4)12-8-17/h5-12,20H,13-16H2,1-4H3,(H,25,27). The van der Waals surface area contributed by atoms with E-state index in [1.807, 2.05) is 29.2 Å². The van der Waals surface area contributed by atoms with Crippen LogP contribution in [0, 0.1) is 0 Å². The number of carbonyl (C=O) groups excluding carboxylic acids is 2. The number of methoxy groups -OCH3 is 1. The zero-order valence-electron chi connectivity index (χ0n) is 17.7. The molecule has 3 rings (SSSR count). The fourth-order valence-electron chi connectivity index (χ4n) is 3.53. The number of likely N-dealkylation sites (tertiary alicyclic amines) is 1. The Morgan fingerprint density at radius 2 is 1.48 bits per heavy atom. The quantitative estimate of drug-likeness (QED) is 0.852. The summed E-state index contributed by atoms with van der Waals surface area (Å²) < 4.78 is 5.12. The van der Waals surface area contributed by atoms with Gasteiger partial charge in [0.25, 0.3) is 11.8 Å². The largest absolute Gasteiger partial charge is 0.497 e. The second-order valence-corrected chi connectivity index (χ2v) is 8.60. The topological polar surface area (TPSA) is 58.6 Å². The molecule has 0 unspecified atom stereocenters. The number of piperidine rings is 1. The van der Waals surface area contributed by atoms with E-state index in [1.54, 1.807) is 31.4 Å². The van der Waals surface area contributed by atoms with Gasteiger partial charge in [-0.25, -0.2) is 0 Å². The molecule has 1 fully saturated rings. The van der Waals surface area contributed by atoms with Crippen molar-refractivity contribution in [3.63, 3.8) is 0 Å². The average Bonchev–Trinajstić information content (AvgIpc) is 2.73. The van der Waals surface area contributed by atoms with Crippen molar-refractivity contribution in [3.8, 4) is 5.75 Å². The molecular formula is C24H30N2O3. The van der Waals surface area contributed by atoms with E-state index >= 15 is 0 Å². The van der Waals surface area contributed by atoms with E-state index in [0.29, 0.717) is 18.7 Å². The summed E-state index contributed by atoms with van der Waals surface area (Å²) in [5, 5.41) is 3.08.